The summed E-state index contributed by atoms with van der Waals surface area (Å²) in [6, 6.07) is 11.7. The lowest BCUT2D eigenvalue weighted by Gasteiger charge is -2.31. The third kappa shape index (κ3) is 4.42. The Morgan fingerprint density at radius 3 is 2.28 bits per heavy atom. The second-order valence-corrected chi connectivity index (χ2v) is 11.2. The second kappa shape index (κ2) is 8.44. The van der Waals surface area contributed by atoms with E-state index < -0.39 is 15.1 Å². The summed E-state index contributed by atoms with van der Waals surface area (Å²) in [6.45, 7) is 1.28. The lowest BCUT2D eigenvalue weighted by atomic mass is 10.1. The van der Waals surface area contributed by atoms with Gasteiger partial charge in [0.25, 0.3) is 0 Å². The average molecular weight is 488 g/mol. The van der Waals surface area contributed by atoms with Crippen molar-refractivity contribution in [2.24, 2.45) is 0 Å². The number of halogens is 3. The molecule has 1 aliphatic heterocycles. The van der Waals surface area contributed by atoms with Crippen molar-refractivity contribution >= 4 is 61.1 Å². The highest BCUT2D eigenvalue weighted by atomic mass is 35.5. The number of anilines is 1. The zero-order chi connectivity index (χ0) is 20.6. The number of benzene rings is 2. The normalized spacial score (nSPS) is 15.6. The third-order valence-corrected chi connectivity index (χ3v) is 8.97. The van der Waals surface area contributed by atoms with E-state index >= 15 is 0 Å². The van der Waals surface area contributed by atoms with Crippen molar-refractivity contribution in [3.63, 3.8) is 0 Å². The van der Waals surface area contributed by atoms with Crippen molar-refractivity contribution in [3.05, 3.63) is 62.9 Å². The van der Waals surface area contributed by atoms with Crippen LogP contribution >= 0.6 is 46.1 Å². The van der Waals surface area contributed by atoms with Crippen molar-refractivity contribution < 1.29 is 8.42 Å². The zero-order valence-electron chi connectivity index (χ0n) is 15.2. The molecule has 1 saturated heterocycles. The fourth-order valence-corrected chi connectivity index (χ4v) is 6.65. The van der Waals surface area contributed by atoms with E-state index in [1.54, 1.807) is 36.4 Å². The molecule has 0 saturated carbocycles. The quantitative estimate of drug-likeness (QED) is 0.439. The minimum absolute atomic E-state index is 0.328. The maximum atomic E-state index is 12.9. The van der Waals surface area contributed by atoms with Gasteiger partial charge >= 0.3 is 0 Å². The molecule has 4 rings (SSSR count). The van der Waals surface area contributed by atoms with Crippen LogP contribution in [0.25, 0.3) is 11.3 Å². The number of rotatable bonds is 4. The largest absolute Gasteiger partial charge is 0.348 e. The molecule has 0 unspecified atom stereocenters. The highest BCUT2D eigenvalue weighted by Crippen LogP contribution is 2.35. The first-order valence-electron chi connectivity index (χ1n) is 9.00. The molecule has 0 atom stereocenters. The van der Waals surface area contributed by atoms with Crippen molar-refractivity contribution in [1.82, 2.24) is 4.98 Å². The molecule has 1 aliphatic rings. The topological polar surface area (TPSA) is 50.3 Å². The first-order chi connectivity index (χ1) is 13.8. The Labute approximate surface area is 189 Å². The van der Waals surface area contributed by atoms with E-state index in [1.807, 2.05) is 11.4 Å². The SMILES string of the molecule is O=S(=O)(c1ccc(Cl)cc1)C1CCN(c2nc(-c3ccc(Cl)cc3Cl)cs2)CC1. The number of piperidine rings is 1. The van der Waals surface area contributed by atoms with Crippen LogP contribution in [0.4, 0.5) is 5.13 Å². The predicted octanol–water partition coefficient (Wildman–Crippen LogP) is 6.21. The van der Waals surface area contributed by atoms with E-state index in [2.05, 4.69) is 4.90 Å². The van der Waals surface area contributed by atoms with Crippen LogP contribution in [-0.2, 0) is 9.84 Å². The fraction of sp³-hybridized carbons (Fsp3) is 0.250. The highest BCUT2D eigenvalue weighted by Gasteiger charge is 2.32. The molecule has 0 amide bonds. The van der Waals surface area contributed by atoms with Crippen molar-refractivity contribution in [2.75, 3.05) is 18.0 Å². The van der Waals surface area contributed by atoms with Crippen LogP contribution in [0.5, 0.6) is 0 Å². The number of hydrogen-bond donors (Lipinski definition) is 0. The van der Waals surface area contributed by atoms with Crippen molar-refractivity contribution in [1.29, 1.82) is 0 Å². The smallest absolute Gasteiger partial charge is 0.185 e. The standard InChI is InChI=1S/C20H17Cl3N2O2S2/c21-13-1-4-15(5-2-13)29(26,27)16-7-9-25(10-8-16)20-24-19(12-28-20)17-6-3-14(22)11-18(17)23/h1-6,11-12,16H,7-10H2. The van der Waals surface area contributed by atoms with Crippen LogP contribution in [0.3, 0.4) is 0 Å². The summed E-state index contributed by atoms with van der Waals surface area (Å²) in [5.41, 5.74) is 1.63. The predicted molar refractivity (Wildman–Crippen MR) is 121 cm³/mol. The molecule has 4 nitrogen and oxygen atoms in total. The van der Waals surface area contributed by atoms with Gasteiger partial charge in [-0.15, -0.1) is 11.3 Å². The summed E-state index contributed by atoms with van der Waals surface area (Å²) in [4.78, 5) is 7.16. The Balaban J connectivity index is 1.46. The third-order valence-electron chi connectivity index (χ3n) is 4.99. The maximum absolute atomic E-state index is 12.9. The van der Waals surface area contributed by atoms with E-state index in [-0.39, 0.29) is 0 Å². The van der Waals surface area contributed by atoms with Gasteiger partial charge in [-0.3, -0.25) is 0 Å². The molecule has 0 N–H and O–H groups in total. The Bertz CT molecular complexity index is 1120. The summed E-state index contributed by atoms with van der Waals surface area (Å²) in [7, 11) is -3.36. The highest BCUT2D eigenvalue weighted by molar-refractivity contribution is 7.92. The number of thiazole rings is 1. The van der Waals surface area contributed by atoms with E-state index in [9.17, 15) is 8.42 Å². The van der Waals surface area contributed by atoms with Gasteiger partial charge in [0.05, 0.1) is 20.9 Å². The second-order valence-electron chi connectivity index (χ2n) is 6.82. The van der Waals surface area contributed by atoms with E-state index in [1.165, 1.54) is 11.3 Å². The van der Waals surface area contributed by atoms with Gasteiger partial charge in [-0.05, 0) is 55.3 Å². The molecule has 0 bridgehead atoms. The average Bonchev–Trinajstić information content (AvgIpc) is 3.18. The van der Waals surface area contributed by atoms with E-state index in [4.69, 9.17) is 39.8 Å². The van der Waals surface area contributed by atoms with Crippen LogP contribution in [0, 0.1) is 0 Å². The molecule has 2 heterocycles. The Hall–Kier alpha value is -1.31. The van der Waals surface area contributed by atoms with Crippen molar-refractivity contribution in [2.45, 2.75) is 23.0 Å². The van der Waals surface area contributed by atoms with E-state index in [0.29, 0.717) is 45.9 Å². The van der Waals surface area contributed by atoms with Gasteiger partial charge < -0.3 is 4.90 Å². The maximum Gasteiger partial charge on any atom is 0.185 e. The lowest BCUT2D eigenvalue weighted by molar-refractivity contribution is 0.529. The molecular weight excluding hydrogens is 471 g/mol. The van der Waals surface area contributed by atoms with Crippen LogP contribution in [0.2, 0.25) is 15.1 Å². The molecular formula is C20H17Cl3N2O2S2. The van der Waals surface area contributed by atoms with Crippen LogP contribution in [0.15, 0.2) is 52.7 Å². The number of nitrogens with zero attached hydrogens (tertiary/aromatic N) is 2. The monoisotopic (exact) mass is 486 g/mol. The van der Waals surface area contributed by atoms with Crippen molar-refractivity contribution in [3.8, 4) is 11.3 Å². The first-order valence-corrected chi connectivity index (χ1v) is 12.6. The Morgan fingerprint density at radius 2 is 1.62 bits per heavy atom. The lowest BCUT2D eigenvalue weighted by Crippen LogP contribution is -2.39. The summed E-state index contributed by atoms with van der Waals surface area (Å²) in [6.07, 6.45) is 1.11. The van der Waals surface area contributed by atoms with Gasteiger partial charge in [0, 0.05) is 34.1 Å². The fourth-order valence-electron chi connectivity index (χ4n) is 3.40. The molecule has 29 heavy (non-hydrogen) atoms. The van der Waals surface area contributed by atoms with Gasteiger partial charge in [0.1, 0.15) is 0 Å². The molecule has 0 aliphatic carbocycles. The van der Waals surface area contributed by atoms with Gasteiger partial charge in [-0.25, -0.2) is 13.4 Å². The van der Waals surface area contributed by atoms with Gasteiger partial charge in [-0.1, -0.05) is 34.8 Å². The number of aromatic nitrogens is 1. The van der Waals surface area contributed by atoms with Crippen LogP contribution < -0.4 is 4.90 Å². The van der Waals surface area contributed by atoms with Gasteiger partial charge in [0.2, 0.25) is 0 Å². The Kier molecular flexibility index (Phi) is 6.09. The molecule has 0 spiro atoms. The number of hydrogen-bond acceptors (Lipinski definition) is 5. The first kappa shape index (κ1) is 20.9. The molecule has 2 aromatic carbocycles. The van der Waals surface area contributed by atoms with Crippen LogP contribution in [-0.4, -0.2) is 31.7 Å². The molecule has 1 aromatic heterocycles. The molecule has 0 radical (unpaired) electrons. The summed E-state index contributed by atoms with van der Waals surface area (Å²) in [5.74, 6) is 0. The van der Waals surface area contributed by atoms with E-state index in [0.717, 1.165) is 16.4 Å². The van der Waals surface area contributed by atoms with Gasteiger partial charge in [-0.2, -0.15) is 0 Å². The summed E-state index contributed by atoms with van der Waals surface area (Å²) < 4.78 is 25.8. The molecule has 152 valence electrons. The molecule has 3 aromatic rings. The molecule has 9 heteroatoms. The zero-order valence-corrected chi connectivity index (χ0v) is 19.1. The summed E-state index contributed by atoms with van der Waals surface area (Å²) >= 11 is 19.7. The van der Waals surface area contributed by atoms with Gasteiger partial charge in [0.15, 0.2) is 15.0 Å². The van der Waals surface area contributed by atoms with Crippen LogP contribution in [0.1, 0.15) is 12.8 Å². The minimum Gasteiger partial charge on any atom is -0.348 e. The number of sulfone groups is 1. The Morgan fingerprint density at radius 1 is 0.966 bits per heavy atom. The summed E-state index contributed by atoms with van der Waals surface area (Å²) in [5, 5.41) is 4.10. The molecule has 1 fully saturated rings. The minimum atomic E-state index is -3.36.